The van der Waals surface area contributed by atoms with Crippen molar-refractivity contribution in [3.63, 3.8) is 0 Å². The van der Waals surface area contributed by atoms with E-state index in [2.05, 4.69) is 44.4 Å². The fourth-order valence-corrected chi connectivity index (χ4v) is 4.13. The molecule has 1 aromatic carbocycles. The molecule has 0 radical (unpaired) electrons. The third-order valence-electron chi connectivity index (χ3n) is 5.73. The van der Waals surface area contributed by atoms with Crippen molar-refractivity contribution in [3.05, 3.63) is 35.4 Å². The Kier molecular flexibility index (Phi) is 11.3. The van der Waals surface area contributed by atoms with Crippen LogP contribution in [0.3, 0.4) is 0 Å². The molecule has 0 saturated carbocycles. The summed E-state index contributed by atoms with van der Waals surface area (Å²) in [6, 6.07) is 8.84. The molecule has 29 heavy (non-hydrogen) atoms. The maximum Gasteiger partial charge on any atom is 0.193 e. The number of guanidine groups is 1. The van der Waals surface area contributed by atoms with E-state index < -0.39 is 0 Å². The Balaban J connectivity index is 0.00000300. The predicted molar refractivity (Wildman–Crippen MR) is 129 cm³/mol. The average Bonchev–Trinajstić information content (AvgIpc) is 3.20. The number of fused-ring (bicyclic) bond motifs is 1. The van der Waals surface area contributed by atoms with E-state index >= 15 is 0 Å². The Hall–Kier alpha value is -0.900. The van der Waals surface area contributed by atoms with E-state index in [0.717, 1.165) is 51.7 Å². The minimum Gasteiger partial charge on any atom is -0.382 e. The summed E-state index contributed by atoms with van der Waals surface area (Å²) in [5.41, 5.74) is 3.01. The number of benzene rings is 1. The molecular weight excluding hydrogens is 479 g/mol. The first kappa shape index (κ1) is 24.4. The van der Waals surface area contributed by atoms with Crippen LogP contribution >= 0.6 is 24.0 Å². The van der Waals surface area contributed by atoms with Gasteiger partial charge in [0, 0.05) is 59.3 Å². The van der Waals surface area contributed by atoms with Crippen molar-refractivity contribution in [2.24, 2.45) is 10.9 Å². The molecule has 0 aromatic heterocycles. The number of ether oxygens (including phenoxy) is 2. The van der Waals surface area contributed by atoms with Gasteiger partial charge >= 0.3 is 0 Å². The Labute approximate surface area is 193 Å². The van der Waals surface area contributed by atoms with Crippen LogP contribution in [0.15, 0.2) is 29.3 Å². The third kappa shape index (κ3) is 7.70. The van der Waals surface area contributed by atoms with Crippen LogP contribution in [0, 0.1) is 5.92 Å². The maximum atomic E-state index is 5.69. The van der Waals surface area contributed by atoms with E-state index in [1.807, 2.05) is 7.05 Å². The summed E-state index contributed by atoms with van der Waals surface area (Å²) in [6.45, 7) is 8.60. The van der Waals surface area contributed by atoms with E-state index in [1.165, 1.54) is 30.5 Å². The van der Waals surface area contributed by atoms with Crippen LogP contribution in [0.2, 0.25) is 0 Å². The highest BCUT2D eigenvalue weighted by Gasteiger charge is 2.25. The Morgan fingerprint density at radius 3 is 2.83 bits per heavy atom. The smallest absolute Gasteiger partial charge is 0.193 e. The summed E-state index contributed by atoms with van der Waals surface area (Å²) in [4.78, 5) is 9.41. The summed E-state index contributed by atoms with van der Waals surface area (Å²) in [7, 11) is 3.59. The molecule has 7 heteroatoms. The molecule has 2 aliphatic rings. The first-order chi connectivity index (χ1) is 13.8. The van der Waals surface area contributed by atoms with E-state index in [0.29, 0.717) is 19.1 Å². The van der Waals surface area contributed by atoms with Crippen LogP contribution in [0.1, 0.15) is 24.0 Å². The number of nitrogens with zero attached hydrogens (tertiary/aromatic N) is 3. The number of hydrogen-bond acceptors (Lipinski definition) is 4. The van der Waals surface area contributed by atoms with Gasteiger partial charge in [-0.2, -0.15) is 0 Å². The third-order valence-corrected chi connectivity index (χ3v) is 5.73. The quantitative estimate of drug-likeness (QED) is 0.237. The molecular formula is C22H37IN4O2. The lowest BCUT2D eigenvalue weighted by Crippen LogP contribution is -2.41. The number of nitrogens with one attached hydrogen (secondary N) is 1. The summed E-state index contributed by atoms with van der Waals surface area (Å²) in [6.07, 6.45) is 3.48. The van der Waals surface area contributed by atoms with E-state index in [4.69, 9.17) is 9.47 Å². The molecule has 1 unspecified atom stereocenters. The molecule has 6 nitrogen and oxygen atoms in total. The molecule has 0 spiro atoms. The molecule has 0 aliphatic carbocycles. The fraction of sp³-hybridized carbons (Fsp3) is 0.682. The van der Waals surface area contributed by atoms with Gasteiger partial charge in [-0.15, -0.1) is 24.0 Å². The lowest BCUT2D eigenvalue weighted by Gasteiger charge is -2.29. The van der Waals surface area contributed by atoms with E-state index in [1.54, 1.807) is 7.11 Å². The van der Waals surface area contributed by atoms with Crippen molar-refractivity contribution in [1.29, 1.82) is 0 Å². The predicted octanol–water partition coefficient (Wildman–Crippen LogP) is 2.61. The van der Waals surface area contributed by atoms with Crippen molar-refractivity contribution >= 4 is 29.9 Å². The summed E-state index contributed by atoms with van der Waals surface area (Å²) in [5, 5.41) is 3.56. The number of methoxy groups -OCH3 is 1. The number of aliphatic imine (C=N–C) groups is 1. The van der Waals surface area contributed by atoms with Crippen LogP contribution in [0.25, 0.3) is 0 Å². The lowest BCUT2D eigenvalue weighted by molar-refractivity contribution is 0.0536. The average molecular weight is 516 g/mol. The second-order valence-corrected chi connectivity index (χ2v) is 7.79. The van der Waals surface area contributed by atoms with Gasteiger partial charge in [-0.05, 0) is 30.4 Å². The van der Waals surface area contributed by atoms with Crippen molar-refractivity contribution in [2.75, 3.05) is 66.7 Å². The SMILES string of the molecule is CN=C(NCCCN1CCc2ccccc2C1)N1CCC(COCCOC)C1.I. The summed E-state index contributed by atoms with van der Waals surface area (Å²) < 4.78 is 10.7. The molecule has 164 valence electrons. The highest BCUT2D eigenvalue weighted by Crippen LogP contribution is 2.19. The van der Waals surface area contributed by atoms with Gasteiger partial charge in [0.05, 0.1) is 19.8 Å². The first-order valence-corrected chi connectivity index (χ1v) is 10.6. The standard InChI is InChI=1S/C22H36N4O2.HI/c1-23-22(26-13-8-19(16-26)18-28-15-14-27-2)24-10-5-11-25-12-9-20-6-3-4-7-21(20)17-25;/h3-4,6-7,19H,5,8-18H2,1-2H3,(H,23,24);1H. The topological polar surface area (TPSA) is 49.3 Å². The van der Waals surface area contributed by atoms with Crippen molar-refractivity contribution < 1.29 is 9.47 Å². The molecule has 1 atom stereocenters. The number of likely N-dealkylation sites (tertiary alicyclic amines) is 1. The zero-order valence-electron chi connectivity index (χ0n) is 17.9. The molecule has 1 saturated heterocycles. The monoisotopic (exact) mass is 516 g/mol. The van der Waals surface area contributed by atoms with Crippen LogP contribution < -0.4 is 5.32 Å². The van der Waals surface area contributed by atoms with Crippen LogP contribution in [0.4, 0.5) is 0 Å². The van der Waals surface area contributed by atoms with Crippen LogP contribution in [0.5, 0.6) is 0 Å². The van der Waals surface area contributed by atoms with Crippen molar-refractivity contribution in [3.8, 4) is 0 Å². The Morgan fingerprint density at radius 1 is 1.21 bits per heavy atom. The fourth-order valence-electron chi connectivity index (χ4n) is 4.13. The Bertz CT molecular complexity index is 629. The first-order valence-electron chi connectivity index (χ1n) is 10.6. The second-order valence-electron chi connectivity index (χ2n) is 7.79. The molecule has 0 amide bonds. The highest BCUT2D eigenvalue weighted by molar-refractivity contribution is 14.0. The minimum absolute atomic E-state index is 0. The summed E-state index contributed by atoms with van der Waals surface area (Å²) in [5.74, 6) is 1.62. The zero-order valence-corrected chi connectivity index (χ0v) is 20.3. The second kappa shape index (κ2) is 13.4. The zero-order chi connectivity index (χ0) is 19.6. The molecule has 2 heterocycles. The van der Waals surface area contributed by atoms with Gasteiger partial charge in [0.1, 0.15) is 0 Å². The minimum atomic E-state index is 0. The van der Waals surface area contributed by atoms with Gasteiger partial charge in [0.15, 0.2) is 5.96 Å². The molecule has 1 fully saturated rings. The van der Waals surface area contributed by atoms with Gasteiger partial charge in [0.25, 0.3) is 0 Å². The van der Waals surface area contributed by atoms with E-state index in [9.17, 15) is 0 Å². The highest BCUT2D eigenvalue weighted by atomic mass is 127. The van der Waals surface area contributed by atoms with Gasteiger partial charge in [0.2, 0.25) is 0 Å². The molecule has 0 bridgehead atoms. The van der Waals surface area contributed by atoms with E-state index in [-0.39, 0.29) is 24.0 Å². The number of halogens is 1. The van der Waals surface area contributed by atoms with Gasteiger partial charge in [-0.1, -0.05) is 24.3 Å². The maximum absolute atomic E-state index is 5.69. The number of rotatable bonds is 9. The molecule has 1 N–H and O–H groups in total. The van der Waals surface area contributed by atoms with Crippen LogP contribution in [-0.4, -0.2) is 82.5 Å². The largest absolute Gasteiger partial charge is 0.382 e. The summed E-state index contributed by atoms with van der Waals surface area (Å²) >= 11 is 0. The lowest BCUT2D eigenvalue weighted by atomic mass is 10.00. The number of hydrogen-bond donors (Lipinski definition) is 1. The molecule has 1 aromatic rings. The van der Waals surface area contributed by atoms with Gasteiger partial charge in [-0.25, -0.2) is 0 Å². The van der Waals surface area contributed by atoms with Crippen LogP contribution in [-0.2, 0) is 22.4 Å². The molecule has 2 aliphatic heterocycles. The molecule has 3 rings (SSSR count). The normalized spacial score (nSPS) is 19.7. The van der Waals surface area contributed by atoms with Crippen molar-refractivity contribution in [2.45, 2.75) is 25.8 Å². The van der Waals surface area contributed by atoms with Gasteiger partial charge < -0.3 is 19.7 Å². The Morgan fingerprint density at radius 2 is 2.03 bits per heavy atom. The van der Waals surface area contributed by atoms with Crippen molar-refractivity contribution in [1.82, 2.24) is 15.1 Å². The van der Waals surface area contributed by atoms with Gasteiger partial charge in [-0.3, -0.25) is 9.89 Å².